The Labute approximate surface area is 65.7 Å². The Bertz CT molecular complexity index is 149. The smallest absolute Gasteiger partial charge is 0.335 e. The molecule has 1 heterocycles. The third-order valence-electron chi connectivity index (χ3n) is 1.58. The van der Waals surface area contributed by atoms with Gasteiger partial charge in [0.25, 0.3) is 0 Å². The number of nitrogens with two attached hydrogens (primary N) is 1. The first-order valence-electron chi connectivity index (χ1n) is 3.78. The second-order valence-electron chi connectivity index (χ2n) is 2.57. The summed E-state index contributed by atoms with van der Waals surface area (Å²) >= 11 is 0. The molecule has 1 aliphatic heterocycles. The molecule has 4 nitrogen and oxygen atoms in total. The van der Waals surface area contributed by atoms with Gasteiger partial charge in [-0.15, -0.1) is 0 Å². The van der Waals surface area contributed by atoms with Crippen molar-refractivity contribution in [2.45, 2.75) is 25.5 Å². The van der Waals surface area contributed by atoms with Gasteiger partial charge in [-0.05, 0) is 6.92 Å². The van der Waals surface area contributed by atoms with Gasteiger partial charge in [0.05, 0.1) is 13.2 Å². The third kappa shape index (κ3) is 2.17. The molecule has 0 aromatic carbocycles. The number of carbonyl (C=O) groups excluding carboxylic acids is 1. The molecule has 0 aromatic heterocycles. The molecule has 1 fully saturated rings. The van der Waals surface area contributed by atoms with E-state index in [-0.39, 0.29) is 12.0 Å². The van der Waals surface area contributed by atoms with Gasteiger partial charge in [-0.1, -0.05) is 0 Å². The Morgan fingerprint density at radius 2 is 2.55 bits per heavy atom. The van der Waals surface area contributed by atoms with E-state index in [1.54, 1.807) is 6.92 Å². The third-order valence-corrected chi connectivity index (χ3v) is 1.58. The fourth-order valence-electron chi connectivity index (χ4n) is 1.05. The molecular formula is C7H13NO3. The predicted octanol–water partition coefficient (Wildman–Crippen LogP) is -0.334. The summed E-state index contributed by atoms with van der Waals surface area (Å²) in [5.74, 6) is -0.291. The minimum absolute atomic E-state index is 0.00981. The van der Waals surface area contributed by atoms with Crippen LogP contribution in [-0.2, 0) is 14.3 Å². The van der Waals surface area contributed by atoms with Crippen molar-refractivity contribution < 1.29 is 14.3 Å². The fraction of sp³-hybridized carbons (Fsp3) is 0.857. The molecule has 0 spiro atoms. The summed E-state index contributed by atoms with van der Waals surface area (Å²) in [6, 6.07) is -0.00981. The molecule has 1 rings (SSSR count). The quantitative estimate of drug-likeness (QED) is 0.560. The van der Waals surface area contributed by atoms with Crippen molar-refractivity contribution in [2.24, 2.45) is 5.73 Å². The molecule has 1 saturated heterocycles. The molecular weight excluding hydrogens is 146 g/mol. The zero-order valence-electron chi connectivity index (χ0n) is 6.58. The maximum absolute atomic E-state index is 11.0. The molecule has 0 unspecified atom stereocenters. The number of rotatable bonds is 2. The van der Waals surface area contributed by atoms with Crippen LogP contribution in [0.15, 0.2) is 0 Å². The van der Waals surface area contributed by atoms with Crippen molar-refractivity contribution in [1.29, 1.82) is 0 Å². The summed E-state index contributed by atoms with van der Waals surface area (Å²) in [4.78, 5) is 11.0. The highest BCUT2D eigenvalue weighted by atomic mass is 16.6. The van der Waals surface area contributed by atoms with Crippen LogP contribution in [0.2, 0.25) is 0 Å². The largest absolute Gasteiger partial charge is 0.464 e. The Morgan fingerprint density at radius 3 is 3.00 bits per heavy atom. The van der Waals surface area contributed by atoms with Gasteiger partial charge in [-0.3, -0.25) is 0 Å². The van der Waals surface area contributed by atoms with Gasteiger partial charge >= 0.3 is 5.97 Å². The van der Waals surface area contributed by atoms with Gasteiger partial charge in [0.15, 0.2) is 6.10 Å². The number of carbonyl (C=O) groups is 1. The van der Waals surface area contributed by atoms with Gasteiger partial charge in [-0.25, -0.2) is 4.79 Å². The van der Waals surface area contributed by atoms with Crippen molar-refractivity contribution in [2.75, 3.05) is 13.2 Å². The molecule has 0 bridgehead atoms. The first kappa shape index (κ1) is 8.49. The number of hydrogen-bond acceptors (Lipinski definition) is 4. The average Bonchev–Trinajstić information content (AvgIpc) is 2.36. The van der Waals surface area contributed by atoms with E-state index >= 15 is 0 Å². The van der Waals surface area contributed by atoms with Crippen LogP contribution in [0.1, 0.15) is 13.3 Å². The zero-order valence-corrected chi connectivity index (χ0v) is 6.58. The lowest BCUT2D eigenvalue weighted by atomic mass is 10.2. The topological polar surface area (TPSA) is 61.5 Å². The van der Waals surface area contributed by atoms with Gasteiger partial charge in [-0.2, -0.15) is 0 Å². The Morgan fingerprint density at radius 1 is 1.82 bits per heavy atom. The Hall–Kier alpha value is -0.610. The van der Waals surface area contributed by atoms with Crippen LogP contribution in [0, 0.1) is 0 Å². The summed E-state index contributed by atoms with van der Waals surface area (Å²) in [6.07, 6.45) is 0.156. The van der Waals surface area contributed by atoms with Crippen LogP contribution in [-0.4, -0.2) is 31.3 Å². The SMILES string of the molecule is CCOC(=O)[C@@H]1C[C@H](N)CO1. The van der Waals surface area contributed by atoms with Crippen molar-refractivity contribution >= 4 is 5.97 Å². The molecule has 0 radical (unpaired) electrons. The molecule has 64 valence electrons. The van der Waals surface area contributed by atoms with Crippen molar-refractivity contribution in [1.82, 2.24) is 0 Å². The predicted molar refractivity (Wildman–Crippen MR) is 39.0 cm³/mol. The molecule has 11 heavy (non-hydrogen) atoms. The van der Waals surface area contributed by atoms with Crippen LogP contribution in [0.25, 0.3) is 0 Å². The fourth-order valence-corrected chi connectivity index (χ4v) is 1.05. The molecule has 0 saturated carbocycles. The number of hydrogen-bond donors (Lipinski definition) is 1. The van der Waals surface area contributed by atoms with E-state index in [4.69, 9.17) is 15.2 Å². The maximum Gasteiger partial charge on any atom is 0.335 e. The summed E-state index contributed by atoms with van der Waals surface area (Å²) in [5, 5.41) is 0. The highest BCUT2D eigenvalue weighted by Gasteiger charge is 2.29. The van der Waals surface area contributed by atoms with Crippen LogP contribution >= 0.6 is 0 Å². The van der Waals surface area contributed by atoms with E-state index in [9.17, 15) is 4.79 Å². The minimum Gasteiger partial charge on any atom is -0.464 e. The molecule has 2 atom stereocenters. The Kier molecular flexibility index (Phi) is 2.84. The Balaban J connectivity index is 2.31. The molecule has 0 amide bonds. The van der Waals surface area contributed by atoms with Crippen molar-refractivity contribution in [3.8, 4) is 0 Å². The van der Waals surface area contributed by atoms with Crippen molar-refractivity contribution in [3.05, 3.63) is 0 Å². The highest BCUT2D eigenvalue weighted by molar-refractivity contribution is 5.75. The van der Waals surface area contributed by atoms with Crippen LogP contribution in [0.4, 0.5) is 0 Å². The van der Waals surface area contributed by atoms with Crippen molar-refractivity contribution in [3.63, 3.8) is 0 Å². The zero-order chi connectivity index (χ0) is 8.27. The lowest BCUT2D eigenvalue weighted by Gasteiger charge is -2.06. The molecule has 0 aliphatic carbocycles. The van der Waals surface area contributed by atoms with Gasteiger partial charge in [0, 0.05) is 12.5 Å². The number of ether oxygens (including phenoxy) is 2. The summed E-state index contributed by atoms with van der Waals surface area (Å²) in [7, 11) is 0. The van der Waals surface area contributed by atoms with E-state index in [1.807, 2.05) is 0 Å². The van der Waals surface area contributed by atoms with E-state index in [0.717, 1.165) is 0 Å². The van der Waals surface area contributed by atoms with Crippen LogP contribution in [0.3, 0.4) is 0 Å². The van der Waals surface area contributed by atoms with Crippen LogP contribution in [0.5, 0.6) is 0 Å². The highest BCUT2D eigenvalue weighted by Crippen LogP contribution is 2.12. The van der Waals surface area contributed by atoms with Crippen LogP contribution < -0.4 is 5.73 Å². The van der Waals surface area contributed by atoms with E-state index in [0.29, 0.717) is 19.6 Å². The van der Waals surface area contributed by atoms with Gasteiger partial charge < -0.3 is 15.2 Å². The standard InChI is InChI=1S/C7H13NO3/c1-2-10-7(9)6-3-5(8)4-11-6/h5-6H,2-4,8H2,1H3/t5-,6-/m0/s1. The van der Waals surface area contributed by atoms with E-state index < -0.39 is 6.10 Å². The molecule has 1 aliphatic rings. The molecule has 4 heteroatoms. The monoisotopic (exact) mass is 159 g/mol. The maximum atomic E-state index is 11.0. The molecule has 2 N–H and O–H groups in total. The van der Waals surface area contributed by atoms with Gasteiger partial charge in [0.1, 0.15) is 0 Å². The molecule has 0 aromatic rings. The average molecular weight is 159 g/mol. The minimum atomic E-state index is -0.426. The second-order valence-corrected chi connectivity index (χ2v) is 2.57. The lowest BCUT2D eigenvalue weighted by Crippen LogP contribution is -2.24. The number of esters is 1. The normalized spacial score (nSPS) is 30.4. The lowest BCUT2D eigenvalue weighted by molar-refractivity contribution is -0.153. The first-order valence-corrected chi connectivity index (χ1v) is 3.78. The van der Waals surface area contributed by atoms with E-state index in [1.165, 1.54) is 0 Å². The summed E-state index contributed by atoms with van der Waals surface area (Å²) in [6.45, 7) is 2.63. The second kappa shape index (κ2) is 3.69. The van der Waals surface area contributed by atoms with Gasteiger partial charge in [0.2, 0.25) is 0 Å². The van der Waals surface area contributed by atoms with E-state index in [2.05, 4.69) is 0 Å². The summed E-state index contributed by atoms with van der Waals surface area (Å²) < 4.78 is 9.83. The summed E-state index contributed by atoms with van der Waals surface area (Å²) in [5.41, 5.74) is 5.53. The first-order chi connectivity index (χ1) is 5.24.